The van der Waals surface area contributed by atoms with Crippen LogP contribution in [0.4, 0.5) is 10.5 Å². The van der Waals surface area contributed by atoms with Gasteiger partial charge in [-0.05, 0) is 25.0 Å². The molecule has 27 heavy (non-hydrogen) atoms. The van der Waals surface area contributed by atoms with Crippen LogP contribution >= 0.6 is 0 Å². The number of amides is 4. The summed E-state index contributed by atoms with van der Waals surface area (Å²) >= 11 is 0. The van der Waals surface area contributed by atoms with Crippen molar-refractivity contribution in [1.29, 1.82) is 0 Å². The van der Waals surface area contributed by atoms with E-state index in [0.29, 0.717) is 30.0 Å². The van der Waals surface area contributed by atoms with E-state index in [-0.39, 0.29) is 12.5 Å². The highest BCUT2D eigenvalue weighted by Crippen LogP contribution is 2.30. The van der Waals surface area contributed by atoms with Gasteiger partial charge in [-0.15, -0.1) is 0 Å². The zero-order valence-electron chi connectivity index (χ0n) is 16.3. The van der Waals surface area contributed by atoms with Gasteiger partial charge in [-0.3, -0.25) is 14.5 Å². The van der Waals surface area contributed by atoms with Crippen LogP contribution in [0.2, 0.25) is 0 Å². The van der Waals surface area contributed by atoms with Crippen molar-refractivity contribution < 1.29 is 23.9 Å². The summed E-state index contributed by atoms with van der Waals surface area (Å²) in [6, 6.07) is 4.41. The van der Waals surface area contributed by atoms with Gasteiger partial charge >= 0.3 is 6.03 Å². The van der Waals surface area contributed by atoms with E-state index in [1.165, 1.54) is 14.2 Å². The lowest BCUT2D eigenvalue weighted by atomic mass is 9.88. The van der Waals surface area contributed by atoms with E-state index >= 15 is 0 Å². The largest absolute Gasteiger partial charge is 0.493 e. The molecule has 8 heteroatoms. The van der Waals surface area contributed by atoms with Crippen LogP contribution in [0.5, 0.6) is 11.5 Å². The second-order valence-electron chi connectivity index (χ2n) is 6.52. The topological polar surface area (TPSA) is 97.0 Å². The second kappa shape index (κ2) is 8.75. The predicted octanol–water partition coefficient (Wildman–Crippen LogP) is 2.53. The summed E-state index contributed by atoms with van der Waals surface area (Å²) in [6.07, 6.45) is 2.63. The molecular formula is C19H27N3O5. The van der Waals surface area contributed by atoms with Crippen molar-refractivity contribution in [3.63, 3.8) is 0 Å². The SMILES string of the molecule is CCCC1(CCC)NC(=O)N(CC(=O)Nc2ccc(OC)c(OC)c2)C1=O. The van der Waals surface area contributed by atoms with E-state index in [9.17, 15) is 14.4 Å². The Morgan fingerprint density at radius 1 is 1.11 bits per heavy atom. The van der Waals surface area contributed by atoms with Crippen LogP contribution < -0.4 is 20.1 Å². The minimum Gasteiger partial charge on any atom is -0.493 e. The highest BCUT2D eigenvalue weighted by Gasteiger charge is 2.50. The summed E-state index contributed by atoms with van der Waals surface area (Å²) in [7, 11) is 3.02. The first-order valence-electron chi connectivity index (χ1n) is 9.06. The fourth-order valence-electron chi connectivity index (χ4n) is 3.40. The van der Waals surface area contributed by atoms with Gasteiger partial charge in [0.1, 0.15) is 12.1 Å². The first kappa shape index (κ1) is 20.5. The van der Waals surface area contributed by atoms with Crippen molar-refractivity contribution in [1.82, 2.24) is 10.2 Å². The Labute approximate surface area is 159 Å². The first-order chi connectivity index (χ1) is 12.9. The molecule has 0 unspecified atom stereocenters. The molecule has 4 amide bonds. The molecule has 2 N–H and O–H groups in total. The molecule has 1 aromatic carbocycles. The Kier molecular flexibility index (Phi) is 6.65. The standard InChI is InChI=1S/C19H27N3O5/c1-5-9-19(10-6-2)17(24)22(18(25)21-19)12-16(23)20-13-7-8-14(26-3)15(11-13)27-4/h7-8,11H,5-6,9-10,12H2,1-4H3,(H,20,23)(H,21,25). The van der Waals surface area contributed by atoms with Crippen LogP contribution in [0.15, 0.2) is 18.2 Å². The Morgan fingerprint density at radius 3 is 2.30 bits per heavy atom. The third kappa shape index (κ3) is 4.32. The van der Waals surface area contributed by atoms with E-state index in [2.05, 4.69) is 10.6 Å². The van der Waals surface area contributed by atoms with Gasteiger partial charge < -0.3 is 20.1 Å². The normalized spacial score (nSPS) is 15.5. The van der Waals surface area contributed by atoms with Crippen molar-refractivity contribution in [3.8, 4) is 11.5 Å². The molecule has 0 spiro atoms. The maximum absolute atomic E-state index is 12.8. The van der Waals surface area contributed by atoms with Crippen molar-refractivity contribution in [2.45, 2.75) is 45.1 Å². The summed E-state index contributed by atoms with van der Waals surface area (Å²) in [6.45, 7) is 3.58. The van der Waals surface area contributed by atoms with Crippen LogP contribution in [-0.4, -0.2) is 49.0 Å². The fourth-order valence-corrected chi connectivity index (χ4v) is 3.40. The lowest BCUT2D eigenvalue weighted by Gasteiger charge is -2.25. The van der Waals surface area contributed by atoms with Gasteiger partial charge in [-0.2, -0.15) is 0 Å². The average molecular weight is 377 g/mol. The number of carbonyl (C=O) groups is 3. The number of rotatable bonds is 9. The van der Waals surface area contributed by atoms with Crippen LogP contribution in [0, 0.1) is 0 Å². The van der Waals surface area contributed by atoms with Gasteiger partial charge in [0.25, 0.3) is 5.91 Å². The Balaban J connectivity index is 2.09. The third-order valence-corrected chi connectivity index (χ3v) is 4.57. The number of urea groups is 1. The van der Waals surface area contributed by atoms with E-state index < -0.39 is 17.5 Å². The third-order valence-electron chi connectivity index (χ3n) is 4.57. The van der Waals surface area contributed by atoms with Crippen molar-refractivity contribution in [3.05, 3.63) is 18.2 Å². The predicted molar refractivity (Wildman–Crippen MR) is 101 cm³/mol. The highest BCUT2D eigenvalue weighted by molar-refractivity contribution is 6.10. The van der Waals surface area contributed by atoms with E-state index in [1.807, 2.05) is 13.8 Å². The molecule has 0 aromatic heterocycles. The summed E-state index contributed by atoms with van der Waals surface area (Å²) in [5.74, 6) is 0.205. The van der Waals surface area contributed by atoms with Crippen LogP contribution in [0.1, 0.15) is 39.5 Å². The Morgan fingerprint density at radius 2 is 1.74 bits per heavy atom. The number of hydrogen-bond donors (Lipinski definition) is 2. The molecule has 0 saturated carbocycles. The second-order valence-corrected chi connectivity index (χ2v) is 6.52. The number of imide groups is 1. The molecule has 0 radical (unpaired) electrons. The van der Waals surface area contributed by atoms with Crippen LogP contribution in [0.3, 0.4) is 0 Å². The monoisotopic (exact) mass is 377 g/mol. The number of anilines is 1. The minimum absolute atomic E-state index is 0.335. The molecule has 1 aliphatic rings. The summed E-state index contributed by atoms with van der Waals surface area (Å²) in [4.78, 5) is 38.5. The van der Waals surface area contributed by atoms with Gasteiger partial charge in [0.15, 0.2) is 11.5 Å². The van der Waals surface area contributed by atoms with Gasteiger partial charge in [0, 0.05) is 11.8 Å². The number of nitrogens with zero attached hydrogens (tertiary/aromatic N) is 1. The van der Waals surface area contributed by atoms with E-state index in [0.717, 1.165) is 17.7 Å². The molecule has 1 heterocycles. The lowest BCUT2D eigenvalue weighted by molar-refractivity contribution is -0.134. The number of ether oxygens (including phenoxy) is 2. The van der Waals surface area contributed by atoms with Crippen LogP contribution in [0.25, 0.3) is 0 Å². The molecule has 148 valence electrons. The molecule has 1 aromatic rings. The molecule has 1 aliphatic heterocycles. The maximum Gasteiger partial charge on any atom is 0.325 e. The summed E-state index contributed by atoms with van der Waals surface area (Å²) < 4.78 is 10.4. The van der Waals surface area contributed by atoms with Gasteiger partial charge in [0.05, 0.1) is 14.2 Å². The molecular weight excluding hydrogens is 350 g/mol. The molecule has 2 rings (SSSR count). The lowest BCUT2D eigenvalue weighted by Crippen LogP contribution is -2.47. The molecule has 8 nitrogen and oxygen atoms in total. The van der Waals surface area contributed by atoms with Crippen molar-refractivity contribution in [2.75, 3.05) is 26.1 Å². The minimum atomic E-state index is -0.899. The van der Waals surface area contributed by atoms with Crippen molar-refractivity contribution in [2.24, 2.45) is 0 Å². The fraction of sp³-hybridized carbons (Fsp3) is 0.526. The number of carbonyl (C=O) groups excluding carboxylic acids is 3. The van der Waals surface area contributed by atoms with Crippen LogP contribution in [-0.2, 0) is 9.59 Å². The number of methoxy groups -OCH3 is 2. The van der Waals surface area contributed by atoms with E-state index in [1.54, 1.807) is 18.2 Å². The first-order valence-corrected chi connectivity index (χ1v) is 9.06. The van der Waals surface area contributed by atoms with Crippen molar-refractivity contribution >= 4 is 23.5 Å². The average Bonchev–Trinajstić information content (AvgIpc) is 2.86. The Hall–Kier alpha value is -2.77. The zero-order valence-corrected chi connectivity index (χ0v) is 16.3. The molecule has 0 aliphatic carbocycles. The smallest absolute Gasteiger partial charge is 0.325 e. The summed E-state index contributed by atoms with van der Waals surface area (Å²) in [5.41, 5.74) is -0.414. The number of benzene rings is 1. The molecule has 0 atom stereocenters. The number of nitrogens with one attached hydrogen (secondary N) is 2. The quantitative estimate of drug-likeness (QED) is 0.645. The van der Waals surface area contributed by atoms with Gasteiger partial charge in [-0.25, -0.2) is 4.79 Å². The van der Waals surface area contributed by atoms with E-state index in [4.69, 9.17) is 9.47 Å². The number of hydrogen-bond acceptors (Lipinski definition) is 5. The zero-order chi connectivity index (χ0) is 20.0. The molecule has 1 fully saturated rings. The summed E-state index contributed by atoms with van der Waals surface area (Å²) in [5, 5.41) is 5.47. The molecule has 0 bridgehead atoms. The maximum atomic E-state index is 12.8. The van der Waals surface area contributed by atoms with Gasteiger partial charge in [-0.1, -0.05) is 26.7 Å². The Bertz CT molecular complexity index is 713. The highest BCUT2D eigenvalue weighted by atomic mass is 16.5. The molecule has 1 saturated heterocycles. The van der Waals surface area contributed by atoms with Gasteiger partial charge in [0.2, 0.25) is 5.91 Å².